The number of nitrogens with one attached hydrogen (secondary N) is 1. The third-order valence-corrected chi connectivity index (χ3v) is 4.11. The number of rotatable bonds is 5. The van der Waals surface area contributed by atoms with E-state index in [2.05, 4.69) is 5.32 Å². The molecule has 3 N–H and O–H groups in total. The van der Waals surface area contributed by atoms with Gasteiger partial charge in [0.25, 0.3) is 0 Å². The van der Waals surface area contributed by atoms with Crippen molar-refractivity contribution in [2.75, 3.05) is 12.4 Å². The maximum absolute atomic E-state index is 11.2. The number of primary sulfonamides is 1. The second-order valence-corrected chi connectivity index (χ2v) is 6.27. The van der Waals surface area contributed by atoms with Crippen LogP contribution < -0.4 is 15.2 Å². The van der Waals surface area contributed by atoms with Crippen molar-refractivity contribution in [3.63, 3.8) is 0 Å². The summed E-state index contributed by atoms with van der Waals surface area (Å²) in [5, 5.41) is 8.41. The molecule has 21 heavy (non-hydrogen) atoms. The Morgan fingerprint density at radius 2 is 1.62 bits per heavy atom. The summed E-state index contributed by atoms with van der Waals surface area (Å²) in [5.41, 5.74) is 1.93. The molecule has 1 unspecified atom stereocenters. The summed E-state index contributed by atoms with van der Waals surface area (Å²) in [6.07, 6.45) is 0. The highest BCUT2D eigenvalue weighted by Gasteiger charge is 2.10. The van der Waals surface area contributed by atoms with E-state index < -0.39 is 10.0 Å². The van der Waals surface area contributed by atoms with Crippen LogP contribution in [0.25, 0.3) is 0 Å². The zero-order chi connectivity index (χ0) is 15.5. The zero-order valence-electron chi connectivity index (χ0n) is 11.9. The van der Waals surface area contributed by atoms with Crippen LogP contribution in [-0.2, 0) is 10.0 Å². The van der Waals surface area contributed by atoms with Gasteiger partial charge in [-0.05, 0) is 48.9 Å². The van der Waals surface area contributed by atoms with Crippen LogP contribution in [0, 0.1) is 0 Å². The van der Waals surface area contributed by atoms with E-state index in [0.717, 1.165) is 17.0 Å². The Labute approximate surface area is 124 Å². The molecule has 2 aromatic carbocycles. The molecule has 2 rings (SSSR count). The fourth-order valence-corrected chi connectivity index (χ4v) is 2.48. The van der Waals surface area contributed by atoms with Gasteiger partial charge in [0.15, 0.2) is 0 Å². The number of hydrogen-bond acceptors (Lipinski definition) is 4. The monoisotopic (exact) mass is 306 g/mol. The SMILES string of the molecule is COc1ccc(NC(C)c2ccc(S(N)(=O)=O)cc2)cc1. The second-order valence-electron chi connectivity index (χ2n) is 4.71. The molecule has 0 fully saturated rings. The van der Waals surface area contributed by atoms with Crippen molar-refractivity contribution in [3.8, 4) is 5.75 Å². The van der Waals surface area contributed by atoms with Crippen molar-refractivity contribution in [2.45, 2.75) is 17.9 Å². The summed E-state index contributed by atoms with van der Waals surface area (Å²) >= 11 is 0. The highest BCUT2D eigenvalue weighted by Crippen LogP contribution is 2.22. The number of anilines is 1. The predicted octanol–water partition coefficient (Wildman–Crippen LogP) is 2.52. The minimum atomic E-state index is -3.65. The summed E-state index contributed by atoms with van der Waals surface area (Å²) in [7, 11) is -2.02. The van der Waals surface area contributed by atoms with Crippen LogP contribution in [0.4, 0.5) is 5.69 Å². The van der Waals surface area contributed by atoms with E-state index in [0.29, 0.717) is 0 Å². The van der Waals surface area contributed by atoms with Gasteiger partial charge in [-0.2, -0.15) is 0 Å². The van der Waals surface area contributed by atoms with Crippen LogP contribution in [0.5, 0.6) is 5.75 Å². The van der Waals surface area contributed by atoms with Gasteiger partial charge in [-0.1, -0.05) is 12.1 Å². The van der Waals surface area contributed by atoms with Gasteiger partial charge in [-0.3, -0.25) is 0 Å². The van der Waals surface area contributed by atoms with E-state index in [1.807, 2.05) is 31.2 Å². The molecule has 0 saturated carbocycles. The summed E-state index contributed by atoms with van der Waals surface area (Å²) in [6.45, 7) is 2.00. The first-order valence-electron chi connectivity index (χ1n) is 6.43. The van der Waals surface area contributed by atoms with Crippen molar-refractivity contribution in [2.24, 2.45) is 5.14 Å². The lowest BCUT2D eigenvalue weighted by molar-refractivity contribution is 0.415. The Bertz CT molecular complexity index is 695. The van der Waals surface area contributed by atoms with E-state index >= 15 is 0 Å². The molecule has 0 aromatic heterocycles. The Kier molecular flexibility index (Phi) is 4.50. The molecule has 2 aromatic rings. The van der Waals surface area contributed by atoms with Gasteiger partial charge in [0.2, 0.25) is 10.0 Å². The predicted molar refractivity (Wildman–Crippen MR) is 82.8 cm³/mol. The van der Waals surface area contributed by atoms with E-state index in [-0.39, 0.29) is 10.9 Å². The Hall–Kier alpha value is -2.05. The quantitative estimate of drug-likeness (QED) is 0.889. The number of hydrogen-bond donors (Lipinski definition) is 2. The lowest BCUT2D eigenvalue weighted by Crippen LogP contribution is -2.12. The Morgan fingerprint density at radius 1 is 1.05 bits per heavy atom. The highest BCUT2D eigenvalue weighted by atomic mass is 32.2. The van der Waals surface area contributed by atoms with Crippen LogP contribution >= 0.6 is 0 Å². The molecule has 6 heteroatoms. The van der Waals surface area contributed by atoms with Gasteiger partial charge in [-0.15, -0.1) is 0 Å². The number of methoxy groups -OCH3 is 1. The standard InChI is InChI=1S/C15H18N2O3S/c1-11(17-13-5-7-14(20-2)8-6-13)12-3-9-15(10-4-12)21(16,18)19/h3-11,17H,1-2H3,(H2,16,18,19). The van der Waals surface area contributed by atoms with Gasteiger partial charge in [0.1, 0.15) is 5.75 Å². The molecule has 0 heterocycles. The number of benzene rings is 2. The van der Waals surface area contributed by atoms with Gasteiger partial charge < -0.3 is 10.1 Å². The minimum absolute atomic E-state index is 0.0351. The molecule has 0 amide bonds. The minimum Gasteiger partial charge on any atom is -0.497 e. The molecule has 112 valence electrons. The van der Waals surface area contributed by atoms with Crippen LogP contribution in [0.15, 0.2) is 53.4 Å². The maximum Gasteiger partial charge on any atom is 0.238 e. The third kappa shape index (κ3) is 3.96. The second kappa shape index (κ2) is 6.15. The van der Waals surface area contributed by atoms with Crippen molar-refractivity contribution >= 4 is 15.7 Å². The number of nitrogens with two attached hydrogens (primary N) is 1. The Balaban J connectivity index is 2.10. The lowest BCUT2D eigenvalue weighted by Gasteiger charge is -2.16. The molecule has 0 spiro atoms. The first-order valence-corrected chi connectivity index (χ1v) is 7.98. The maximum atomic E-state index is 11.2. The van der Waals surface area contributed by atoms with E-state index in [1.54, 1.807) is 19.2 Å². The molecule has 0 aliphatic heterocycles. The zero-order valence-corrected chi connectivity index (χ0v) is 12.7. The molecule has 0 aliphatic carbocycles. The smallest absolute Gasteiger partial charge is 0.238 e. The van der Waals surface area contributed by atoms with Crippen molar-refractivity contribution in [3.05, 3.63) is 54.1 Å². The first-order chi connectivity index (χ1) is 9.90. The fraction of sp³-hybridized carbons (Fsp3) is 0.200. The number of sulfonamides is 1. The lowest BCUT2D eigenvalue weighted by atomic mass is 10.1. The summed E-state index contributed by atoms with van der Waals surface area (Å²) in [6, 6.07) is 14.2. The van der Waals surface area contributed by atoms with Crippen molar-refractivity contribution in [1.82, 2.24) is 0 Å². The summed E-state index contributed by atoms with van der Waals surface area (Å²) in [5.74, 6) is 0.797. The number of ether oxygens (including phenoxy) is 1. The molecule has 5 nitrogen and oxygen atoms in total. The van der Waals surface area contributed by atoms with Crippen molar-refractivity contribution in [1.29, 1.82) is 0 Å². The molecular weight excluding hydrogens is 288 g/mol. The van der Waals surface area contributed by atoms with E-state index in [9.17, 15) is 8.42 Å². The third-order valence-electron chi connectivity index (χ3n) is 3.18. The Morgan fingerprint density at radius 3 is 2.10 bits per heavy atom. The van der Waals surface area contributed by atoms with E-state index in [4.69, 9.17) is 9.88 Å². The van der Waals surface area contributed by atoms with Gasteiger partial charge in [-0.25, -0.2) is 13.6 Å². The molecule has 0 aliphatic rings. The molecule has 1 atom stereocenters. The van der Waals surface area contributed by atoms with E-state index in [1.165, 1.54) is 12.1 Å². The van der Waals surface area contributed by atoms with Crippen LogP contribution in [0.3, 0.4) is 0 Å². The summed E-state index contributed by atoms with van der Waals surface area (Å²) in [4.78, 5) is 0.114. The molecule has 0 radical (unpaired) electrons. The van der Waals surface area contributed by atoms with Gasteiger partial charge in [0.05, 0.1) is 12.0 Å². The largest absolute Gasteiger partial charge is 0.497 e. The molecular formula is C15H18N2O3S. The van der Waals surface area contributed by atoms with Gasteiger partial charge in [0, 0.05) is 11.7 Å². The van der Waals surface area contributed by atoms with Gasteiger partial charge >= 0.3 is 0 Å². The molecule has 0 saturated heterocycles. The van der Waals surface area contributed by atoms with Crippen LogP contribution in [-0.4, -0.2) is 15.5 Å². The molecule has 0 bridgehead atoms. The first kappa shape index (κ1) is 15.3. The average molecular weight is 306 g/mol. The summed E-state index contributed by atoms with van der Waals surface area (Å²) < 4.78 is 27.5. The average Bonchev–Trinajstić information content (AvgIpc) is 2.47. The fourth-order valence-electron chi connectivity index (χ4n) is 1.97. The van der Waals surface area contributed by atoms with Crippen LogP contribution in [0.2, 0.25) is 0 Å². The topological polar surface area (TPSA) is 81.4 Å². The van der Waals surface area contributed by atoms with Crippen molar-refractivity contribution < 1.29 is 13.2 Å². The highest BCUT2D eigenvalue weighted by molar-refractivity contribution is 7.89. The van der Waals surface area contributed by atoms with Crippen LogP contribution in [0.1, 0.15) is 18.5 Å². The normalized spacial score (nSPS) is 12.7.